The molecule has 4 nitrogen and oxygen atoms in total. The molecule has 0 atom stereocenters. The van der Waals surface area contributed by atoms with Crippen molar-refractivity contribution < 1.29 is 4.74 Å². The summed E-state index contributed by atoms with van der Waals surface area (Å²) in [4.78, 5) is 10.6. The van der Waals surface area contributed by atoms with Crippen molar-refractivity contribution in [3.8, 4) is 0 Å². The maximum absolute atomic E-state index is 5.91. The largest absolute Gasteiger partial charge is 0.378 e. The number of hydrogen-bond donors (Lipinski definition) is 0. The Hall–Kier alpha value is -0.870. The third kappa shape index (κ3) is 3.32. The first kappa shape index (κ1) is 12.2. The number of halogens is 1. The molecule has 1 aromatic heterocycles. The number of methoxy groups -OCH3 is 1. The van der Waals surface area contributed by atoms with Gasteiger partial charge in [-0.15, -0.1) is 0 Å². The summed E-state index contributed by atoms with van der Waals surface area (Å²) in [5, 5.41) is 0.457. The summed E-state index contributed by atoms with van der Waals surface area (Å²) in [6.45, 7) is 6.30. The molecule has 5 heteroatoms. The van der Waals surface area contributed by atoms with Crippen LogP contribution >= 0.6 is 11.6 Å². The zero-order valence-electron chi connectivity index (χ0n) is 9.33. The molecule has 1 heterocycles. The van der Waals surface area contributed by atoms with Gasteiger partial charge in [-0.3, -0.25) is 0 Å². The predicted octanol–water partition coefficient (Wildman–Crippen LogP) is 2.12. The summed E-state index contributed by atoms with van der Waals surface area (Å²) in [6.07, 6.45) is 0. The molecule has 0 bridgehead atoms. The van der Waals surface area contributed by atoms with Crippen LogP contribution in [0.2, 0.25) is 5.15 Å². The molecule has 0 unspecified atom stereocenters. The van der Waals surface area contributed by atoms with Crippen molar-refractivity contribution in [1.82, 2.24) is 9.97 Å². The summed E-state index contributed by atoms with van der Waals surface area (Å²) in [7, 11) is 1.63. The molecule has 0 aromatic carbocycles. The van der Waals surface area contributed by atoms with Gasteiger partial charge in [-0.2, -0.15) is 0 Å². The van der Waals surface area contributed by atoms with Crippen LogP contribution < -0.4 is 4.90 Å². The SMILES string of the molecule is CCN(CC)c1nc(Cl)cc(COC)n1. The van der Waals surface area contributed by atoms with E-state index >= 15 is 0 Å². The van der Waals surface area contributed by atoms with E-state index in [1.165, 1.54) is 0 Å². The lowest BCUT2D eigenvalue weighted by Crippen LogP contribution is -2.24. The molecule has 0 spiro atoms. The van der Waals surface area contributed by atoms with Crippen LogP contribution in [-0.2, 0) is 11.3 Å². The molecular formula is C10H16ClN3O. The zero-order valence-corrected chi connectivity index (χ0v) is 10.1. The van der Waals surface area contributed by atoms with Crippen molar-refractivity contribution >= 4 is 17.5 Å². The minimum absolute atomic E-state index is 0.455. The number of nitrogens with zero attached hydrogens (tertiary/aromatic N) is 3. The summed E-state index contributed by atoms with van der Waals surface area (Å²) >= 11 is 5.91. The first-order chi connectivity index (χ1) is 7.21. The second kappa shape index (κ2) is 5.88. The molecule has 1 aromatic rings. The molecule has 1 rings (SSSR count). The van der Waals surface area contributed by atoms with Gasteiger partial charge in [0.05, 0.1) is 12.3 Å². The molecular weight excluding hydrogens is 214 g/mol. The Morgan fingerprint density at radius 1 is 1.33 bits per heavy atom. The van der Waals surface area contributed by atoms with Crippen LogP contribution in [0.4, 0.5) is 5.95 Å². The van der Waals surface area contributed by atoms with Gasteiger partial charge in [0.2, 0.25) is 5.95 Å². The number of rotatable bonds is 5. The minimum atomic E-state index is 0.455. The number of aromatic nitrogens is 2. The maximum Gasteiger partial charge on any atom is 0.227 e. The van der Waals surface area contributed by atoms with E-state index < -0.39 is 0 Å². The number of ether oxygens (including phenoxy) is 1. The highest BCUT2D eigenvalue weighted by Gasteiger charge is 2.08. The van der Waals surface area contributed by atoms with E-state index in [1.54, 1.807) is 13.2 Å². The molecule has 0 radical (unpaired) electrons. The van der Waals surface area contributed by atoms with Crippen LogP contribution in [0.25, 0.3) is 0 Å². The van der Waals surface area contributed by atoms with Gasteiger partial charge in [0.25, 0.3) is 0 Å². The Kier molecular flexibility index (Phi) is 4.78. The smallest absolute Gasteiger partial charge is 0.227 e. The third-order valence-electron chi connectivity index (χ3n) is 2.07. The van der Waals surface area contributed by atoms with Crippen LogP contribution in [0.1, 0.15) is 19.5 Å². The van der Waals surface area contributed by atoms with Gasteiger partial charge in [0.1, 0.15) is 5.15 Å². The Balaban J connectivity index is 2.96. The van der Waals surface area contributed by atoms with E-state index in [9.17, 15) is 0 Å². The van der Waals surface area contributed by atoms with Crippen molar-refractivity contribution in [2.45, 2.75) is 20.5 Å². The topological polar surface area (TPSA) is 38.2 Å². The molecule has 84 valence electrons. The van der Waals surface area contributed by atoms with E-state index in [0.29, 0.717) is 17.7 Å². The second-order valence-electron chi connectivity index (χ2n) is 3.09. The molecule has 0 amide bonds. The van der Waals surface area contributed by atoms with Gasteiger partial charge in [-0.05, 0) is 19.9 Å². The Morgan fingerprint density at radius 3 is 2.53 bits per heavy atom. The third-order valence-corrected chi connectivity index (χ3v) is 2.27. The van der Waals surface area contributed by atoms with E-state index in [4.69, 9.17) is 16.3 Å². The van der Waals surface area contributed by atoms with Crippen molar-refractivity contribution in [3.63, 3.8) is 0 Å². The van der Waals surface area contributed by atoms with Crippen LogP contribution in [-0.4, -0.2) is 30.2 Å². The fourth-order valence-corrected chi connectivity index (χ4v) is 1.52. The van der Waals surface area contributed by atoms with Crippen molar-refractivity contribution in [1.29, 1.82) is 0 Å². The fraction of sp³-hybridized carbons (Fsp3) is 0.600. The van der Waals surface area contributed by atoms with Crippen LogP contribution in [0.5, 0.6) is 0 Å². The van der Waals surface area contributed by atoms with Gasteiger partial charge < -0.3 is 9.64 Å². The van der Waals surface area contributed by atoms with Crippen LogP contribution in [0, 0.1) is 0 Å². The average molecular weight is 230 g/mol. The standard InChI is InChI=1S/C10H16ClN3O/c1-4-14(5-2)10-12-8(7-15-3)6-9(11)13-10/h6H,4-5,7H2,1-3H3. The summed E-state index contributed by atoms with van der Waals surface area (Å²) in [5.74, 6) is 0.666. The molecule has 0 aliphatic rings. The van der Waals surface area contributed by atoms with Gasteiger partial charge in [-0.25, -0.2) is 9.97 Å². The normalized spacial score (nSPS) is 10.4. The van der Waals surface area contributed by atoms with Gasteiger partial charge in [0, 0.05) is 20.2 Å². The highest BCUT2D eigenvalue weighted by Crippen LogP contribution is 2.14. The lowest BCUT2D eigenvalue weighted by molar-refractivity contribution is 0.181. The van der Waals surface area contributed by atoms with E-state index in [0.717, 1.165) is 18.8 Å². The summed E-state index contributed by atoms with van der Waals surface area (Å²) in [5.41, 5.74) is 0.805. The molecule has 15 heavy (non-hydrogen) atoms. The van der Waals surface area contributed by atoms with Gasteiger partial charge in [-0.1, -0.05) is 11.6 Å². The summed E-state index contributed by atoms with van der Waals surface area (Å²) in [6, 6.07) is 1.72. The first-order valence-electron chi connectivity index (χ1n) is 4.98. The highest BCUT2D eigenvalue weighted by atomic mass is 35.5. The maximum atomic E-state index is 5.91. The monoisotopic (exact) mass is 229 g/mol. The van der Waals surface area contributed by atoms with Crippen molar-refractivity contribution in [2.75, 3.05) is 25.1 Å². The van der Waals surface area contributed by atoms with Crippen molar-refractivity contribution in [3.05, 3.63) is 16.9 Å². The Morgan fingerprint density at radius 2 is 2.00 bits per heavy atom. The Labute approximate surface area is 95.2 Å². The van der Waals surface area contributed by atoms with E-state index in [1.807, 2.05) is 4.90 Å². The highest BCUT2D eigenvalue weighted by molar-refractivity contribution is 6.29. The molecule has 0 saturated heterocycles. The summed E-state index contributed by atoms with van der Waals surface area (Å²) < 4.78 is 5.02. The predicted molar refractivity (Wildman–Crippen MR) is 61.3 cm³/mol. The second-order valence-corrected chi connectivity index (χ2v) is 3.47. The van der Waals surface area contributed by atoms with E-state index in [2.05, 4.69) is 23.8 Å². The number of hydrogen-bond acceptors (Lipinski definition) is 4. The first-order valence-corrected chi connectivity index (χ1v) is 5.36. The number of anilines is 1. The zero-order chi connectivity index (χ0) is 11.3. The molecule has 0 fully saturated rings. The van der Waals surface area contributed by atoms with Crippen molar-refractivity contribution in [2.24, 2.45) is 0 Å². The molecule has 0 saturated carbocycles. The fourth-order valence-electron chi connectivity index (χ4n) is 1.32. The minimum Gasteiger partial charge on any atom is -0.378 e. The van der Waals surface area contributed by atoms with Gasteiger partial charge in [0.15, 0.2) is 0 Å². The van der Waals surface area contributed by atoms with Gasteiger partial charge >= 0.3 is 0 Å². The molecule has 0 aliphatic heterocycles. The quantitative estimate of drug-likeness (QED) is 0.725. The molecule has 0 aliphatic carbocycles. The molecule has 0 N–H and O–H groups in total. The average Bonchev–Trinajstić information content (AvgIpc) is 2.19. The lowest BCUT2D eigenvalue weighted by atomic mass is 10.4. The van der Waals surface area contributed by atoms with Crippen LogP contribution in [0.3, 0.4) is 0 Å². The van der Waals surface area contributed by atoms with Crippen LogP contribution in [0.15, 0.2) is 6.07 Å². The van der Waals surface area contributed by atoms with E-state index in [-0.39, 0.29) is 0 Å². The lowest BCUT2D eigenvalue weighted by Gasteiger charge is -2.18. The Bertz CT molecular complexity index is 316.